The topological polar surface area (TPSA) is 49.3 Å². The molecule has 1 aliphatic carbocycles. The number of carbonyl (C=O) groups is 1. The molecular formula is C20H26N4O. The van der Waals surface area contributed by atoms with Crippen LogP contribution in [0.2, 0.25) is 0 Å². The first-order chi connectivity index (χ1) is 12.2. The van der Waals surface area contributed by atoms with Crippen molar-refractivity contribution >= 4 is 22.8 Å². The van der Waals surface area contributed by atoms with E-state index in [1.807, 2.05) is 42.4 Å². The second kappa shape index (κ2) is 6.98. The number of amides is 1. The van der Waals surface area contributed by atoms with Crippen LogP contribution in [0.5, 0.6) is 0 Å². The van der Waals surface area contributed by atoms with Gasteiger partial charge in [0.15, 0.2) is 0 Å². The third-order valence-corrected chi connectivity index (χ3v) is 5.74. The molecule has 1 saturated heterocycles. The first kappa shape index (κ1) is 16.3. The smallest absolute Gasteiger partial charge is 0.225 e. The van der Waals surface area contributed by atoms with Crippen molar-refractivity contribution in [1.82, 2.24) is 14.9 Å². The molecule has 5 nitrogen and oxygen atoms in total. The van der Waals surface area contributed by atoms with Crippen LogP contribution in [-0.2, 0) is 4.79 Å². The summed E-state index contributed by atoms with van der Waals surface area (Å²) in [5.74, 6) is 2.22. The van der Waals surface area contributed by atoms with Crippen molar-refractivity contribution in [3.05, 3.63) is 30.5 Å². The normalized spacial score (nSPS) is 19.0. The first-order valence-electron chi connectivity index (χ1n) is 9.42. The number of piperidine rings is 1. The van der Waals surface area contributed by atoms with Gasteiger partial charge in [0.05, 0.1) is 17.2 Å². The maximum absolute atomic E-state index is 12.3. The van der Waals surface area contributed by atoms with Gasteiger partial charge in [0.25, 0.3) is 0 Å². The Hall–Kier alpha value is -2.17. The second-order valence-corrected chi connectivity index (χ2v) is 7.49. The Kier molecular flexibility index (Phi) is 4.55. The summed E-state index contributed by atoms with van der Waals surface area (Å²) in [5.41, 5.74) is 1.89. The zero-order valence-corrected chi connectivity index (χ0v) is 14.9. The minimum absolute atomic E-state index is 0.304. The average Bonchev–Trinajstić information content (AvgIpc) is 2.60. The quantitative estimate of drug-likeness (QED) is 0.859. The summed E-state index contributed by atoms with van der Waals surface area (Å²) in [6.07, 6.45) is 7.49. The Morgan fingerprint density at radius 2 is 1.88 bits per heavy atom. The van der Waals surface area contributed by atoms with Gasteiger partial charge in [-0.3, -0.25) is 9.78 Å². The van der Waals surface area contributed by atoms with E-state index in [2.05, 4.69) is 9.88 Å². The van der Waals surface area contributed by atoms with Crippen molar-refractivity contribution in [2.24, 2.45) is 11.8 Å². The molecule has 1 saturated carbocycles. The molecule has 0 bridgehead atoms. The summed E-state index contributed by atoms with van der Waals surface area (Å²) in [6, 6.07) is 8.00. The zero-order valence-electron chi connectivity index (χ0n) is 14.9. The van der Waals surface area contributed by atoms with Gasteiger partial charge in [-0.15, -0.1) is 0 Å². The predicted molar refractivity (Wildman–Crippen MR) is 99.5 cm³/mol. The molecule has 2 heterocycles. The van der Waals surface area contributed by atoms with E-state index in [1.165, 1.54) is 6.42 Å². The Morgan fingerprint density at radius 1 is 1.16 bits per heavy atom. The number of carbonyl (C=O) groups excluding carboxylic acids is 1. The number of hydrogen-bond acceptors (Lipinski definition) is 4. The van der Waals surface area contributed by atoms with Crippen LogP contribution in [0.15, 0.2) is 30.5 Å². The third kappa shape index (κ3) is 3.46. The molecule has 25 heavy (non-hydrogen) atoms. The SMILES string of the molecule is CN(CC1CCN(c2cnc3ccccc3n2)CC1)C(=O)C1CCC1. The van der Waals surface area contributed by atoms with Gasteiger partial charge in [0.2, 0.25) is 5.91 Å². The fourth-order valence-corrected chi connectivity index (χ4v) is 3.89. The summed E-state index contributed by atoms with van der Waals surface area (Å²) in [5, 5.41) is 0. The molecule has 2 aromatic rings. The van der Waals surface area contributed by atoms with Gasteiger partial charge in [0.1, 0.15) is 5.82 Å². The fourth-order valence-electron chi connectivity index (χ4n) is 3.89. The second-order valence-electron chi connectivity index (χ2n) is 7.49. The van der Waals surface area contributed by atoms with E-state index in [0.29, 0.717) is 17.7 Å². The highest BCUT2D eigenvalue weighted by atomic mass is 16.2. The lowest BCUT2D eigenvalue weighted by atomic mass is 9.84. The van der Waals surface area contributed by atoms with Crippen LogP contribution in [0.25, 0.3) is 11.0 Å². The summed E-state index contributed by atoms with van der Waals surface area (Å²) in [7, 11) is 1.97. The minimum Gasteiger partial charge on any atom is -0.355 e. The molecule has 132 valence electrons. The molecule has 1 amide bonds. The Bertz CT molecular complexity index is 750. The number of para-hydroxylation sites is 2. The Balaban J connectivity index is 1.33. The van der Waals surface area contributed by atoms with Crippen LogP contribution in [-0.4, -0.2) is 47.5 Å². The maximum atomic E-state index is 12.3. The molecule has 0 atom stereocenters. The molecule has 0 N–H and O–H groups in total. The molecule has 2 fully saturated rings. The summed E-state index contributed by atoms with van der Waals surface area (Å²) in [6.45, 7) is 2.87. The van der Waals surface area contributed by atoms with E-state index >= 15 is 0 Å². The standard InChI is InChI=1S/C20H26N4O/c1-23(20(25)16-5-4-6-16)14-15-9-11-24(12-10-15)19-13-21-17-7-2-3-8-18(17)22-19/h2-3,7-8,13,15-16H,4-6,9-12,14H2,1H3. The lowest BCUT2D eigenvalue weighted by Gasteiger charge is -2.36. The van der Waals surface area contributed by atoms with Gasteiger partial charge >= 0.3 is 0 Å². The van der Waals surface area contributed by atoms with E-state index in [1.54, 1.807) is 0 Å². The lowest BCUT2D eigenvalue weighted by molar-refractivity contribution is -0.137. The summed E-state index contributed by atoms with van der Waals surface area (Å²) < 4.78 is 0. The molecule has 2 aliphatic rings. The summed E-state index contributed by atoms with van der Waals surface area (Å²) in [4.78, 5) is 25.9. The molecule has 1 aromatic heterocycles. The highest BCUT2D eigenvalue weighted by Gasteiger charge is 2.29. The average molecular weight is 338 g/mol. The van der Waals surface area contributed by atoms with Crippen LogP contribution in [0, 0.1) is 11.8 Å². The van der Waals surface area contributed by atoms with Crippen molar-refractivity contribution in [3.63, 3.8) is 0 Å². The van der Waals surface area contributed by atoms with E-state index in [0.717, 1.165) is 62.2 Å². The van der Waals surface area contributed by atoms with Crippen LogP contribution >= 0.6 is 0 Å². The fraction of sp³-hybridized carbons (Fsp3) is 0.550. The number of benzene rings is 1. The van der Waals surface area contributed by atoms with Gasteiger partial charge in [0, 0.05) is 32.6 Å². The van der Waals surface area contributed by atoms with Crippen molar-refractivity contribution in [2.75, 3.05) is 31.6 Å². The van der Waals surface area contributed by atoms with Gasteiger partial charge in [-0.05, 0) is 43.7 Å². The van der Waals surface area contributed by atoms with Crippen LogP contribution in [0.3, 0.4) is 0 Å². The van der Waals surface area contributed by atoms with E-state index in [9.17, 15) is 4.79 Å². The Labute approximate surface area is 149 Å². The number of fused-ring (bicyclic) bond motifs is 1. The van der Waals surface area contributed by atoms with Crippen LogP contribution < -0.4 is 4.90 Å². The van der Waals surface area contributed by atoms with E-state index in [-0.39, 0.29) is 0 Å². The predicted octanol–water partition coefficient (Wildman–Crippen LogP) is 3.10. The molecule has 5 heteroatoms. The van der Waals surface area contributed by atoms with E-state index < -0.39 is 0 Å². The molecule has 4 rings (SSSR count). The molecule has 0 unspecified atom stereocenters. The number of anilines is 1. The van der Waals surface area contributed by atoms with Gasteiger partial charge in [-0.25, -0.2) is 4.98 Å². The van der Waals surface area contributed by atoms with Gasteiger partial charge in [-0.2, -0.15) is 0 Å². The Morgan fingerprint density at radius 3 is 2.56 bits per heavy atom. The number of nitrogens with zero attached hydrogens (tertiary/aromatic N) is 4. The highest BCUT2D eigenvalue weighted by Crippen LogP contribution is 2.29. The van der Waals surface area contributed by atoms with Crippen molar-refractivity contribution in [3.8, 4) is 0 Å². The first-order valence-corrected chi connectivity index (χ1v) is 9.42. The van der Waals surface area contributed by atoms with Crippen molar-refractivity contribution in [1.29, 1.82) is 0 Å². The molecule has 0 radical (unpaired) electrons. The van der Waals surface area contributed by atoms with Crippen molar-refractivity contribution in [2.45, 2.75) is 32.1 Å². The summed E-state index contributed by atoms with van der Waals surface area (Å²) >= 11 is 0. The highest BCUT2D eigenvalue weighted by molar-refractivity contribution is 5.79. The van der Waals surface area contributed by atoms with Crippen LogP contribution in [0.1, 0.15) is 32.1 Å². The maximum Gasteiger partial charge on any atom is 0.225 e. The number of rotatable bonds is 4. The van der Waals surface area contributed by atoms with Crippen molar-refractivity contribution < 1.29 is 4.79 Å². The lowest BCUT2D eigenvalue weighted by Crippen LogP contribution is -2.42. The van der Waals surface area contributed by atoms with Gasteiger partial charge < -0.3 is 9.80 Å². The number of hydrogen-bond donors (Lipinski definition) is 0. The van der Waals surface area contributed by atoms with Crippen LogP contribution in [0.4, 0.5) is 5.82 Å². The van der Waals surface area contributed by atoms with Gasteiger partial charge in [-0.1, -0.05) is 18.6 Å². The molecule has 1 aromatic carbocycles. The third-order valence-electron chi connectivity index (χ3n) is 5.74. The van der Waals surface area contributed by atoms with E-state index in [4.69, 9.17) is 4.98 Å². The molecule has 1 aliphatic heterocycles. The minimum atomic E-state index is 0.304. The molecule has 0 spiro atoms. The zero-order chi connectivity index (χ0) is 17.2. The largest absolute Gasteiger partial charge is 0.355 e. The number of aromatic nitrogens is 2. The monoisotopic (exact) mass is 338 g/mol. The molecular weight excluding hydrogens is 312 g/mol.